The van der Waals surface area contributed by atoms with Gasteiger partial charge < -0.3 is 14.6 Å². The lowest BCUT2D eigenvalue weighted by Gasteiger charge is -2.22. The van der Waals surface area contributed by atoms with Gasteiger partial charge in [-0.1, -0.05) is 33.6 Å². The van der Waals surface area contributed by atoms with Gasteiger partial charge in [-0.2, -0.15) is 0 Å². The maximum absolute atomic E-state index is 12.6. The van der Waals surface area contributed by atoms with Gasteiger partial charge in [-0.25, -0.2) is 13.1 Å². The largest absolute Gasteiger partial charge is 0.505 e. The van der Waals surface area contributed by atoms with Gasteiger partial charge in [0.05, 0.1) is 5.02 Å². The minimum absolute atomic E-state index is 0.0314. The van der Waals surface area contributed by atoms with Crippen molar-refractivity contribution in [3.05, 3.63) is 45.4 Å². The second kappa shape index (κ2) is 7.03. The number of nitrogens with one attached hydrogen (secondary N) is 1. The van der Waals surface area contributed by atoms with Gasteiger partial charge in [-0.3, -0.25) is 0 Å². The normalized spacial score (nSPS) is 15.0. The number of hydrogen-bond acceptors (Lipinski definition) is 5. The summed E-state index contributed by atoms with van der Waals surface area (Å²) in [5, 5.41) is 9.90. The first-order valence-electron chi connectivity index (χ1n) is 7.38. The number of sulfonamides is 1. The van der Waals surface area contributed by atoms with Crippen LogP contribution in [0.2, 0.25) is 5.02 Å². The monoisotopic (exact) mass is 447 g/mol. The topological polar surface area (TPSA) is 84.9 Å². The van der Waals surface area contributed by atoms with Crippen LogP contribution in [0, 0.1) is 0 Å². The van der Waals surface area contributed by atoms with E-state index in [-0.39, 0.29) is 9.92 Å². The molecule has 134 valence electrons. The van der Waals surface area contributed by atoms with Gasteiger partial charge in [-0.05, 0) is 36.8 Å². The third-order valence-corrected chi connectivity index (χ3v) is 6.26. The predicted octanol–water partition coefficient (Wildman–Crippen LogP) is 3.62. The van der Waals surface area contributed by atoms with Crippen LogP contribution in [-0.4, -0.2) is 26.7 Å². The Kier molecular flexibility index (Phi) is 5.15. The van der Waals surface area contributed by atoms with Gasteiger partial charge in [0.2, 0.25) is 10.0 Å². The van der Waals surface area contributed by atoms with E-state index in [2.05, 4.69) is 20.7 Å². The summed E-state index contributed by atoms with van der Waals surface area (Å²) in [5.74, 6) is 0.677. The molecule has 0 fully saturated rings. The highest BCUT2D eigenvalue weighted by Gasteiger charge is 2.25. The third kappa shape index (κ3) is 3.72. The van der Waals surface area contributed by atoms with E-state index < -0.39 is 21.8 Å². The van der Waals surface area contributed by atoms with E-state index in [1.165, 1.54) is 18.2 Å². The molecule has 0 aliphatic carbocycles. The van der Waals surface area contributed by atoms with Crippen molar-refractivity contribution in [3.63, 3.8) is 0 Å². The number of para-hydroxylation sites is 1. The Hall–Kier alpha value is -1.48. The summed E-state index contributed by atoms with van der Waals surface area (Å²) in [6, 6.07) is 7.04. The number of phenols is 1. The molecule has 0 amide bonds. The zero-order valence-electron chi connectivity index (χ0n) is 13.1. The first kappa shape index (κ1) is 18.3. The third-order valence-electron chi connectivity index (χ3n) is 3.70. The van der Waals surface area contributed by atoms with Crippen LogP contribution in [0.4, 0.5) is 0 Å². The van der Waals surface area contributed by atoms with E-state index in [0.29, 0.717) is 34.7 Å². The highest BCUT2D eigenvalue weighted by Crippen LogP contribution is 2.38. The number of ether oxygens (including phenoxy) is 2. The highest BCUT2D eigenvalue weighted by atomic mass is 79.9. The molecular formula is C16H15BrClNO5S. The van der Waals surface area contributed by atoms with E-state index in [1.54, 1.807) is 19.1 Å². The summed E-state index contributed by atoms with van der Waals surface area (Å²) in [7, 11) is -3.98. The van der Waals surface area contributed by atoms with Crippen LogP contribution >= 0.6 is 27.5 Å². The number of hydrogen-bond donors (Lipinski definition) is 2. The Morgan fingerprint density at radius 2 is 1.88 bits per heavy atom. The van der Waals surface area contributed by atoms with E-state index in [4.69, 9.17) is 21.1 Å². The standard InChI is InChI=1S/C16H15BrClNO5S/c1-9(10-7-13-14(8-11(10)17)24-6-5-23-13)19-25(21,22)15-4-2-3-12(18)16(15)20/h2-4,7-9,19-20H,5-6H2,1H3. The van der Waals surface area contributed by atoms with Gasteiger partial charge in [0.25, 0.3) is 0 Å². The van der Waals surface area contributed by atoms with E-state index in [1.807, 2.05) is 0 Å². The number of aromatic hydroxyl groups is 1. The SMILES string of the molecule is CC(NS(=O)(=O)c1cccc(Cl)c1O)c1cc2c(cc1Br)OCCO2. The molecule has 1 unspecified atom stereocenters. The Balaban J connectivity index is 1.91. The van der Waals surface area contributed by atoms with Crippen molar-refractivity contribution in [1.29, 1.82) is 0 Å². The van der Waals surface area contributed by atoms with Crippen molar-refractivity contribution in [2.45, 2.75) is 17.9 Å². The number of fused-ring (bicyclic) bond motifs is 1. The van der Waals surface area contributed by atoms with Crippen molar-refractivity contribution >= 4 is 37.6 Å². The lowest BCUT2D eigenvalue weighted by Crippen LogP contribution is -2.27. The molecule has 6 nitrogen and oxygen atoms in total. The van der Waals surface area contributed by atoms with Crippen LogP contribution in [0.15, 0.2) is 39.7 Å². The van der Waals surface area contributed by atoms with Crippen molar-refractivity contribution < 1.29 is 23.0 Å². The summed E-state index contributed by atoms with van der Waals surface area (Å²) in [6.07, 6.45) is 0. The van der Waals surface area contributed by atoms with E-state index in [9.17, 15) is 13.5 Å². The fourth-order valence-electron chi connectivity index (χ4n) is 2.48. The summed E-state index contributed by atoms with van der Waals surface area (Å²) < 4.78 is 39.4. The molecule has 2 aromatic rings. The number of rotatable bonds is 4. The molecule has 1 atom stereocenters. The van der Waals surface area contributed by atoms with Gasteiger partial charge in [0, 0.05) is 10.5 Å². The lowest BCUT2D eigenvalue weighted by atomic mass is 10.1. The van der Waals surface area contributed by atoms with Crippen LogP contribution in [0.5, 0.6) is 17.2 Å². The fourth-order valence-corrected chi connectivity index (χ4v) is 4.72. The Morgan fingerprint density at radius 1 is 1.24 bits per heavy atom. The second-order valence-electron chi connectivity index (χ2n) is 5.45. The Morgan fingerprint density at radius 3 is 2.56 bits per heavy atom. The summed E-state index contributed by atoms with van der Waals surface area (Å²) in [5.41, 5.74) is 0.675. The molecule has 0 saturated heterocycles. The Bertz CT molecular complexity index is 919. The van der Waals surface area contributed by atoms with Gasteiger partial charge in [-0.15, -0.1) is 0 Å². The smallest absolute Gasteiger partial charge is 0.244 e. The molecular weight excluding hydrogens is 434 g/mol. The molecule has 0 saturated carbocycles. The first-order chi connectivity index (χ1) is 11.8. The van der Waals surface area contributed by atoms with Crippen molar-refractivity contribution in [3.8, 4) is 17.2 Å². The van der Waals surface area contributed by atoms with Crippen molar-refractivity contribution in [1.82, 2.24) is 4.72 Å². The van der Waals surface area contributed by atoms with Gasteiger partial charge in [0.15, 0.2) is 17.2 Å². The number of benzene rings is 2. The van der Waals surface area contributed by atoms with Crippen LogP contribution in [0.1, 0.15) is 18.5 Å². The Labute approximate surface area is 158 Å². The van der Waals surface area contributed by atoms with E-state index in [0.717, 1.165) is 0 Å². The molecule has 1 aliphatic rings. The first-order valence-corrected chi connectivity index (χ1v) is 10.0. The maximum Gasteiger partial charge on any atom is 0.244 e. The maximum atomic E-state index is 12.6. The molecule has 1 heterocycles. The molecule has 1 aliphatic heterocycles. The minimum Gasteiger partial charge on any atom is -0.505 e. The average molecular weight is 449 g/mol. The quantitative estimate of drug-likeness (QED) is 0.746. The lowest BCUT2D eigenvalue weighted by molar-refractivity contribution is 0.171. The summed E-state index contributed by atoms with van der Waals surface area (Å²) in [6.45, 7) is 2.59. The fraction of sp³-hybridized carbons (Fsp3) is 0.250. The zero-order chi connectivity index (χ0) is 18.2. The van der Waals surface area contributed by atoms with Crippen LogP contribution in [0.25, 0.3) is 0 Å². The average Bonchev–Trinajstić information content (AvgIpc) is 2.56. The van der Waals surface area contributed by atoms with Crippen LogP contribution < -0.4 is 14.2 Å². The molecule has 2 N–H and O–H groups in total. The second-order valence-corrected chi connectivity index (χ2v) is 8.39. The van der Waals surface area contributed by atoms with Crippen LogP contribution in [-0.2, 0) is 10.0 Å². The molecule has 25 heavy (non-hydrogen) atoms. The summed E-state index contributed by atoms with van der Waals surface area (Å²) in [4.78, 5) is -0.277. The van der Waals surface area contributed by atoms with E-state index >= 15 is 0 Å². The number of halogens is 2. The molecule has 9 heteroatoms. The van der Waals surface area contributed by atoms with Gasteiger partial charge >= 0.3 is 0 Å². The van der Waals surface area contributed by atoms with Crippen molar-refractivity contribution in [2.24, 2.45) is 0 Å². The highest BCUT2D eigenvalue weighted by molar-refractivity contribution is 9.10. The number of phenolic OH excluding ortho intramolecular Hbond substituents is 1. The minimum atomic E-state index is -3.98. The zero-order valence-corrected chi connectivity index (χ0v) is 16.3. The molecule has 0 radical (unpaired) electrons. The molecule has 0 aromatic heterocycles. The summed E-state index contributed by atoms with van der Waals surface area (Å²) >= 11 is 9.22. The van der Waals surface area contributed by atoms with Gasteiger partial charge in [0.1, 0.15) is 18.1 Å². The van der Waals surface area contributed by atoms with Crippen LogP contribution in [0.3, 0.4) is 0 Å². The molecule has 0 spiro atoms. The predicted molar refractivity (Wildman–Crippen MR) is 97.0 cm³/mol. The molecule has 3 rings (SSSR count). The van der Waals surface area contributed by atoms with Crippen molar-refractivity contribution in [2.75, 3.05) is 13.2 Å². The molecule has 0 bridgehead atoms. The molecule has 2 aromatic carbocycles.